The van der Waals surface area contributed by atoms with E-state index in [0.29, 0.717) is 12.3 Å². The molecule has 0 radical (unpaired) electrons. The number of sulfonamides is 1. The summed E-state index contributed by atoms with van der Waals surface area (Å²) in [5.74, 6) is -8.98. The maximum atomic E-state index is 15.7. The second-order valence-corrected chi connectivity index (χ2v) is 27.8. The number of rotatable bonds is 17. The molecule has 3 atom stereocenters. The van der Waals surface area contributed by atoms with Gasteiger partial charge in [0.25, 0.3) is 5.92 Å². The van der Waals surface area contributed by atoms with Crippen molar-refractivity contribution in [2.75, 3.05) is 16.8 Å². The summed E-state index contributed by atoms with van der Waals surface area (Å²) >= 11 is 6.78. The number of hydrogen-bond acceptors (Lipinski definition) is 12. The maximum Gasteiger partial charge on any atom is 0.524 e. The molecule has 0 aliphatic heterocycles. The normalized spacial score (nSPS) is 16.5. The Morgan fingerprint density at radius 1 is 0.929 bits per heavy atom. The summed E-state index contributed by atoms with van der Waals surface area (Å²) in [5, 5.41) is 8.57. The summed E-state index contributed by atoms with van der Waals surface area (Å²) in [6.07, 6.45) is -11.2. The lowest BCUT2D eigenvalue weighted by Gasteiger charge is -2.31. The van der Waals surface area contributed by atoms with Crippen LogP contribution in [0.4, 0.5) is 49.7 Å². The Balaban J connectivity index is 1.35. The summed E-state index contributed by atoms with van der Waals surface area (Å²) < 4.78 is 218. The largest absolute Gasteiger partial charge is 0.524 e. The van der Waals surface area contributed by atoms with Crippen molar-refractivity contribution in [2.45, 2.75) is 114 Å². The van der Waals surface area contributed by atoms with Gasteiger partial charge in [-0.25, -0.2) is 35.2 Å². The minimum absolute atomic E-state index is 0.0223. The van der Waals surface area contributed by atoms with Gasteiger partial charge >= 0.3 is 20.2 Å². The van der Waals surface area contributed by atoms with Crippen LogP contribution in [0.2, 0.25) is 5.02 Å². The Kier molecular flexibility index (Phi) is 16.4. The van der Waals surface area contributed by atoms with Crippen molar-refractivity contribution < 1.29 is 94.0 Å². The summed E-state index contributed by atoms with van der Waals surface area (Å²) in [7, 11) is -14.4. The fourth-order valence-corrected chi connectivity index (χ4v) is 12.2. The summed E-state index contributed by atoms with van der Waals surface area (Å²) in [4.78, 5) is 65.7. The number of halogens is 11. The smallest absolute Gasteiger partial charge is 0.404 e. The van der Waals surface area contributed by atoms with E-state index in [1.54, 1.807) is 0 Å². The Morgan fingerprint density at radius 2 is 1.55 bits per heavy atom. The zero-order valence-electron chi connectivity index (χ0n) is 45.6. The lowest BCUT2D eigenvalue weighted by Crippen LogP contribution is -2.40. The molecule has 0 unspecified atom stereocenters. The third-order valence-electron chi connectivity index (χ3n) is 14.3. The number of anilines is 1. The number of amides is 2. The highest BCUT2D eigenvalue weighted by Crippen LogP contribution is 2.68. The van der Waals surface area contributed by atoms with E-state index in [-0.39, 0.29) is 53.6 Å². The van der Waals surface area contributed by atoms with Gasteiger partial charge in [0.2, 0.25) is 21.8 Å². The highest BCUT2D eigenvalue weighted by Gasteiger charge is 2.68. The van der Waals surface area contributed by atoms with Crippen LogP contribution >= 0.6 is 19.4 Å². The number of aromatic nitrogens is 5. The molecule has 0 spiro atoms. The fourth-order valence-electron chi connectivity index (χ4n) is 10.4. The molecule has 8 rings (SSSR count). The van der Waals surface area contributed by atoms with Gasteiger partial charge in [0.1, 0.15) is 46.6 Å². The second kappa shape index (κ2) is 21.8. The van der Waals surface area contributed by atoms with Gasteiger partial charge in [0, 0.05) is 57.9 Å². The molecule has 2 aliphatic carbocycles. The number of Topliss-reactive ketones (excluding diaryl/α,β-unsaturated/α-hetero) is 1. The summed E-state index contributed by atoms with van der Waals surface area (Å²) in [5.41, 5.74) is -8.21. The molecule has 3 N–H and O–H groups in total. The maximum absolute atomic E-state index is 15.7. The van der Waals surface area contributed by atoms with E-state index in [1.165, 1.54) is 40.7 Å². The summed E-state index contributed by atoms with van der Waals surface area (Å²) in [6, 6.07) is 6.72. The molecule has 456 valence electrons. The van der Waals surface area contributed by atoms with Crippen LogP contribution < -0.4 is 14.1 Å². The van der Waals surface area contributed by atoms with Crippen molar-refractivity contribution in [3.8, 4) is 28.7 Å². The number of carbonyl (C=O) groups excluding carboxylic acids is 3. The Morgan fingerprint density at radius 3 is 2.12 bits per heavy atom. The molecule has 3 aromatic carbocycles. The molecule has 1 fully saturated rings. The molecule has 6 aromatic rings. The number of pyridine rings is 1. The van der Waals surface area contributed by atoms with Crippen LogP contribution in [-0.4, -0.2) is 92.2 Å². The van der Waals surface area contributed by atoms with E-state index in [2.05, 4.69) is 32.3 Å². The summed E-state index contributed by atoms with van der Waals surface area (Å²) in [6.45, 7) is 4.15. The van der Waals surface area contributed by atoms with Gasteiger partial charge < -0.3 is 9.84 Å². The van der Waals surface area contributed by atoms with Crippen molar-refractivity contribution in [3.63, 3.8) is 0 Å². The van der Waals surface area contributed by atoms with E-state index < -0.39 is 185 Å². The monoisotopic (exact) mass is 1280 g/mol. The molecule has 1 saturated carbocycles. The fraction of sp³-hybridized carbons (Fsp3) is 0.396. The molecular weight excluding hydrogens is 1230 g/mol. The van der Waals surface area contributed by atoms with E-state index in [4.69, 9.17) is 16.1 Å². The van der Waals surface area contributed by atoms with Crippen molar-refractivity contribution in [3.05, 3.63) is 122 Å². The number of ketones is 1. The Hall–Kier alpha value is -6.90. The molecule has 0 saturated heterocycles. The van der Waals surface area contributed by atoms with Crippen LogP contribution in [0.25, 0.3) is 22.0 Å². The lowest BCUT2D eigenvalue weighted by molar-refractivity contribution is -0.143. The number of sulfone groups is 1. The molecule has 85 heavy (non-hydrogen) atoms. The van der Waals surface area contributed by atoms with Crippen molar-refractivity contribution in [1.29, 1.82) is 0 Å². The number of fused-ring (bicyclic) bond motifs is 4. The molecule has 32 heteroatoms. The van der Waals surface area contributed by atoms with Crippen LogP contribution in [0.1, 0.15) is 115 Å². The minimum Gasteiger partial charge on any atom is -0.404 e. The number of nitrogens with one attached hydrogen (secondary N) is 1. The quantitative estimate of drug-likeness (QED) is 0.0333. The molecule has 3 aromatic heterocycles. The zero-order chi connectivity index (χ0) is 63.4. The highest BCUT2D eigenvalue weighted by molar-refractivity contribution is 7.93. The first-order valence-electron chi connectivity index (χ1n) is 25.0. The zero-order valence-corrected chi connectivity index (χ0v) is 48.9. The molecule has 18 nitrogen and oxygen atoms in total. The topological polar surface area (TPSA) is 250 Å². The number of alkyl halides is 8. The van der Waals surface area contributed by atoms with E-state index in [0.717, 1.165) is 55.6 Å². The molecule has 3 heterocycles. The van der Waals surface area contributed by atoms with Gasteiger partial charge in [-0.05, 0) is 106 Å². The SMILES string of the molecule is CC(=O)c1cc(C)c(C(C)(C)CC(=O)N(c2nn(CC(F)(F)F)c3c(-c4ccc(C#CC(C)(C)S(C)(=O)=O)nc4[C@H](Cc4cc(F)cc(F)c4)NC(=O)Cn4nc(C(F)(F)F)c5c4C(F)(F)[C@@H]4C[C@H]54)ccc(Cl)c23)S(C)(=O)=O)c(OP(=O)(O)O)c1. The highest BCUT2D eigenvalue weighted by atomic mass is 35.5. The van der Waals surface area contributed by atoms with Crippen LogP contribution in [0.5, 0.6) is 5.75 Å². The number of hydrogen-bond donors (Lipinski definition) is 3. The van der Waals surface area contributed by atoms with Gasteiger partial charge in [-0.1, -0.05) is 37.4 Å². The van der Waals surface area contributed by atoms with E-state index in [9.17, 15) is 80.7 Å². The molecule has 2 aliphatic rings. The first-order valence-corrected chi connectivity index (χ1v) is 30.7. The van der Waals surface area contributed by atoms with Crippen LogP contribution in [-0.2, 0) is 71.0 Å². The number of benzene rings is 3. The van der Waals surface area contributed by atoms with Gasteiger partial charge in [-0.2, -0.15) is 49.6 Å². The van der Waals surface area contributed by atoms with Crippen LogP contribution in [0, 0.1) is 36.3 Å². The van der Waals surface area contributed by atoms with E-state index in [1.807, 2.05) is 0 Å². The standard InChI is InChI=1S/C53H49ClF10N7O11PS2/c1-25-15-28(26(2)72)19-38(82-83(75,76)77)43(25)49(3,4)22-40(74)71(85(8,80)81)48-42-36(54)12-11-33(45(42)70(68-48)24-51(57,58)59)32-10-9-31(13-14-50(5,6)84(7,78)79)65-44(32)37(18-27-16-29(55)20-30(56)17-27)66-39(73)23-69-47-41(46(67-69)53(62,63)64)34-21-35(34)52(47,60)61/h9-12,15-17,19-20,34-35,37H,18,21-24H2,1-8H3,(H,66,73)(H2,75,76,77)/t34-,35+,37-/m0/s1. The van der Waals surface area contributed by atoms with Gasteiger partial charge in [0.15, 0.2) is 27.1 Å². The molecule has 0 bridgehead atoms. The van der Waals surface area contributed by atoms with Crippen molar-refractivity contribution in [2.24, 2.45) is 5.92 Å². The second-order valence-electron chi connectivity index (χ2n) is 21.8. The average molecular weight is 1280 g/mol. The predicted octanol–water partition coefficient (Wildman–Crippen LogP) is 9.93. The first-order chi connectivity index (χ1) is 38.8. The van der Waals surface area contributed by atoms with Crippen LogP contribution in [0.15, 0.2) is 54.6 Å². The lowest BCUT2D eigenvalue weighted by atomic mass is 9.78. The third kappa shape index (κ3) is 13.3. The number of phosphoric acid groups is 1. The Bertz CT molecular complexity index is 4130. The average Bonchev–Trinajstić information content (AvgIpc) is 1.54. The van der Waals surface area contributed by atoms with Gasteiger partial charge in [0.05, 0.1) is 33.9 Å². The van der Waals surface area contributed by atoms with Crippen molar-refractivity contribution in [1.82, 2.24) is 29.9 Å². The Labute approximate surface area is 483 Å². The minimum atomic E-state index is -5.41. The third-order valence-corrected chi connectivity index (χ3v) is 18.0. The number of phosphoric ester groups is 1. The number of nitrogens with zero attached hydrogens (tertiary/aromatic N) is 6. The van der Waals surface area contributed by atoms with Crippen molar-refractivity contribution >= 4 is 73.6 Å². The van der Waals surface area contributed by atoms with Gasteiger partial charge in [-0.3, -0.25) is 33.5 Å². The molecular formula is C53H49ClF10N7O11PS2. The van der Waals surface area contributed by atoms with Gasteiger partial charge in [-0.15, -0.1) is 0 Å². The number of carbonyl (C=O) groups is 3. The van der Waals surface area contributed by atoms with E-state index >= 15 is 8.78 Å². The predicted molar refractivity (Wildman–Crippen MR) is 287 cm³/mol. The van der Waals surface area contributed by atoms with Crippen LogP contribution in [0.3, 0.4) is 0 Å². The number of aryl methyl sites for hydroxylation is 1. The first kappa shape index (κ1) is 64.1. The molecule has 2 amide bonds.